The zero-order valence-electron chi connectivity index (χ0n) is 10.1. The lowest BCUT2D eigenvalue weighted by Crippen LogP contribution is -2.32. The second-order valence-electron chi connectivity index (χ2n) is 4.70. The first-order chi connectivity index (χ1) is 9.05. The van der Waals surface area contributed by atoms with Crippen molar-refractivity contribution in [2.75, 3.05) is 11.5 Å². The lowest BCUT2D eigenvalue weighted by molar-refractivity contribution is 0.374. The van der Waals surface area contributed by atoms with Crippen molar-refractivity contribution in [3.63, 3.8) is 0 Å². The van der Waals surface area contributed by atoms with Crippen LogP contribution in [0.5, 0.6) is 0 Å². The summed E-state index contributed by atoms with van der Waals surface area (Å²) in [5.74, 6) is 0.242. The molecule has 2 atom stereocenters. The van der Waals surface area contributed by atoms with Gasteiger partial charge in [-0.2, -0.15) is 5.10 Å². The van der Waals surface area contributed by atoms with E-state index in [1.807, 2.05) is 30.3 Å². The van der Waals surface area contributed by atoms with E-state index < -0.39 is 9.84 Å². The second kappa shape index (κ2) is 4.57. The number of rotatable bonds is 2. The molecule has 1 N–H and O–H groups in total. The molecule has 0 bridgehead atoms. The van der Waals surface area contributed by atoms with Crippen molar-refractivity contribution < 1.29 is 8.42 Å². The van der Waals surface area contributed by atoms with E-state index in [9.17, 15) is 8.42 Å². The van der Waals surface area contributed by atoms with E-state index in [1.54, 1.807) is 11.2 Å². The molecule has 2 saturated heterocycles. The third-order valence-corrected chi connectivity index (χ3v) is 5.31. The van der Waals surface area contributed by atoms with Crippen LogP contribution in [0.15, 0.2) is 35.4 Å². The molecule has 2 aliphatic rings. The highest BCUT2D eigenvalue weighted by Gasteiger charge is 2.47. The van der Waals surface area contributed by atoms with Crippen LogP contribution in [0.1, 0.15) is 5.56 Å². The molecule has 0 saturated carbocycles. The van der Waals surface area contributed by atoms with E-state index in [0.717, 1.165) is 5.56 Å². The molecular weight excluding hydrogens is 282 g/mol. The highest BCUT2D eigenvalue weighted by atomic mass is 32.2. The van der Waals surface area contributed by atoms with Crippen LogP contribution < -0.4 is 5.32 Å². The van der Waals surface area contributed by atoms with Gasteiger partial charge in [-0.15, -0.1) is 0 Å². The van der Waals surface area contributed by atoms with E-state index in [1.165, 1.54) is 0 Å². The fraction of sp³-hybridized carbons (Fsp3) is 0.333. The summed E-state index contributed by atoms with van der Waals surface area (Å²) in [4.78, 5) is 0. The highest BCUT2D eigenvalue weighted by molar-refractivity contribution is 7.91. The van der Waals surface area contributed by atoms with Crippen molar-refractivity contribution in [3.8, 4) is 0 Å². The van der Waals surface area contributed by atoms with E-state index in [2.05, 4.69) is 10.4 Å². The van der Waals surface area contributed by atoms with Gasteiger partial charge in [0.1, 0.15) is 0 Å². The Morgan fingerprint density at radius 2 is 2.05 bits per heavy atom. The van der Waals surface area contributed by atoms with E-state index in [0.29, 0.717) is 5.11 Å². The third kappa shape index (κ3) is 2.48. The molecule has 2 heterocycles. The molecule has 19 heavy (non-hydrogen) atoms. The summed E-state index contributed by atoms with van der Waals surface area (Å²) in [5.41, 5.74) is 0.953. The molecule has 1 aromatic rings. The number of sulfone groups is 1. The Labute approximate surface area is 117 Å². The zero-order valence-corrected chi connectivity index (χ0v) is 11.7. The van der Waals surface area contributed by atoms with E-state index >= 15 is 0 Å². The minimum atomic E-state index is -2.98. The van der Waals surface area contributed by atoms with Crippen LogP contribution in [0, 0.1) is 0 Å². The number of nitrogens with zero attached hydrogens (tertiary/aromatic N) is 2. The van der Waals surface area contributed by atoms with Gasteiger partial charge in [0.15, 0.2) is 14.9 Å². The predicted molar refractivity (Wildman–Crippen MR) is 77.8 cm³/mol. The SMILES string of the molecule is O=S1(=O)CC2NC(=S)N(/N=C\c3ccccc3)C2C1. The molecule has 1 aromatic carbocycles. The Hall–Kier alpha value is -1.47. The van der Waals surface area contributed by atoms with Crippen LogP contribution >= 0.6 is 12.2 Å². The van der Waals surface area contributed by atoms with Gasteiger partial charge in [-0.05, 0) is 17.8 Å². The maximum atomic E-state index is 11.6. The largest absolute Gasteiger partial charge is 0.355 e. The fourth-order valence-corrected chi connectivity index (χ4v) is 4.61. The Kier molecular flexibility index (Phi) is 3.02. The number of fused-ring (bicyclic) bond motifs is 1. The smallest absolute Gasteiger partial charge is 0.190 e. The van der Waals surface area contributed by atoms with Crippen molar-refractivity contribution in [2.45, 2.75) is 12.1 Å². The molecule has 2 unspecified atom stereocenters. The van der Waals surface area contributed by atoms with Gasteiger partial charge >= 0.3 is 0 Å². The van der Waals surface area contributed by atoms with Crippen LogP contribution in [0.2, 0.25) is 0 Å². The normalized spacial score (nSPS) is 28.6. The van der Waals surface area contributed by atoms with Crippen LogP contribution in [0.25, 0.3) is 0 Å². The molecular formula is C12H13N3O2S2. The molecule has 2 fully saturated rings. The first-order valence-corrected chi connectivity index (χ1v) is 8.17. The molecule has 7 heteroatoms. The lowest BCUT2D eigenvalue weighted by atomic mass is 10.2. The maximum absolute atomic E-state index is 11.6. The van der Waals surface area contributed by atoms with Crippen molar-refractivity contribution in [2.24, 2.45) is 5.10 Å². The van der Waals surface area contributed by atoms with Crippen LogP contribution in [0.4, 0.5) is 0 Å². The van der Waals surface area contributed by atoms with Gasteiger partial charge in [0.25, 0.3) is 0 Å². The number of hydrogen-bond donors (Lipinski definition) is 1. The summed E-state index contributed by atoms with van der Waals surface area (Å²) in [6.07, 6.45) is 1.70. The van der Waals surface area contributed by atoms with Gasteiger partial charge in [-0.3, -0.25) is 0 Å². The molecule has 0 amide bonds. The second-order valence-corrected chi connectivity index (χ2v) is 7.24. The van der Waals surface area contributed by atoms with Gasteiger partial charge in [-0.1, -0.05) is 30.3 Å². The number of nitrogens with one attached hydrogen (secondary N) is 1. The van der Waals surface area contributed by atoms with Crippen molar-refractivity contribution in [1.29, 1.82) is 0 Å². The third-order valence-electron chi connectivity index (χ3n) is 3.28. The van der Waals surface area contributed by atoms with E-state index in [4.69, 9.17) is 12.2 Å². The Morgan fingerprint density at radius 3 is 2.79 bits per heavy atom. The Balaban J connectivity index is 1.81. The lowest BCUT2D eigenvalue weighted by Gasteiger charge is -2.16. The molecule has 100 valence electrons. The molecule has 0 aromatic heterocycles. The van der Waals surface area contributed by atoms with Gasteiger partial charge < -0.3 is 5.32 Å². The zero-order chi connectivity index (χ0) is 13.5. The number of benzene rings is 1. The first-order valence-electron chi connectivity index (χ1n) is 5.94. The van der Waals surface area contributed by atoms with Crippen molar-refractivity contribution >= 4 is 33.4 Å². The molecule has 5 nitrogen and oxygen atoms in total. The van der Waals surface area contributed by atoms with Gasteiger partial charge in [0.2, 0.25) is 0 Å². The van der Waals surface area contributed by atoms with Crippen LogP contribution in [-0.4, -0.2) is 48.3 Å². The quantitative estimate of drug-likeness (QED) is 0.631. The number of thiocarbonyl (C=S) groups is 1. The summed E-state index contributed by atoms with van der Waals surface area (Å²) < 4.78 is 23.2. The van der Waals surface area contributed by atoms with Crippen molar-refractivity contribution in [3.05, 3.63) is 35.9 Å². The minimum absolute atomic E-state index is 0.108. The average Bonchev–Trinajstić information content (AvgIpc) is 2.79. The van der Waals surface area contributed by atoms with Crippen LogP contribution in [0.3, 0.4) is 0 Å². The monoisotopic (exact) mass is 295 g/mol. The summed E-state index contributed by atoms with van der Waals surface area (Å²) in [5, 5.41) is 9.45. The number of hydrazone groups is 1. The summed E-state index contributed by atoms with van der Waals surface area (Å²) in [6, 6.07) is 9.31. The standard InChI is InChI=1S/C12H13N3O2S2/c16-19(17)7-10-11(8-19)15(12(18)14-10)13-6-9-4-2-1-3-5-9/h1-6,10-11H,7-8H2,(H,14,18)/b13-6-. The first kappa shape index (κ1) is 12.6. The number of hydrogen-bond acceptors (Lipinski definition) is 4. The molecule has 3 rings (SSSR count). The topological polar surface area (TPSA) is 61.8 Å². The summed E-state index contributed by atoms with van der Waals surface area (Å²) >= 11 is 5.19. The average molecular weight is 295 g/mol. The Bertz CT molecular complexity index is 628. The van der Waals surface area contributed by atoms with Gasteiger partial charge in [-0.25, -0.2) is 13.4 Å². The van der Waals surface area contributed by atoms with Crippen molar-refractivity contribution in [1.82, 2.24) is 10.3 Å². The minimum Gasteiger partial charge on any atom is -0.355 e. The highest BCUT2D eigenvalue weighted by Crippen LogP contribution is 2.24. The summed E-state index contributed by atoms with van der Waals surface area (Å²) in [7, 11) is -2.98. The molecule has 0 spiro atoms. The molecule has 0 aliphatic carbocycles. The fourth-order valence-electron chi connectivity index (χ4n) is 2.39. The van der Waals surface area contributed by atoms with E-state index in [-0.39, 0.29) is 23.6 Å². The summed E-state index contributed by atoms with van der Waals surface area (Å²) in [6.45, 7) is 0. The Morgan fingerprint density at radius 1 is 1.32 bits per heavy atom. The van der Waals surface area contributed by atoms with Gasteiger partial charge in [0, 0.05) is 0 Å². The maximum Gasteiger partial charge on any atom is 0.190 e. The van der Waals surface area contributed by atoms with Gasteiger partial charge in [0.05, 0.1) is 29.8 Å². The molecule has 0 radical (unpaired) electrons. The predicted octanol–water partition coefficient (Wildman–Crippen LogP) is 0.376. The molecule has 2 aliphatic heterocycles. The van der Waals surface area contributed by atoms with Crippen LogP contribution in [-0.2, 0) is 9.84 Å².